The molecular formula is C30H62N2O8. The second kappa shape index (κ2) is 19.3. The molecule has 10 nitrogen and oxygen atoms in total. The van der Waals surface area contributed by atoms with E-state index in [2.05, 4.69) is 19.2 Å². The van der Waals surface area contributed by atoms with Crippen molar-refractivity contribution in [3.8, 4) is 0 Å². The van der Waals surface area contributed by atoms with Crippen LogP contribution in [0.3, 0.4) is 0 Å². The van der Waals surface area contributed by atoms with Gasteiger partial charge < -0.3 is 34.3 Å². The van der Waals surface area contributed by atoms with Gasteiger partial charge in [0.1, 0.15) is 11.2 Å². The van der Waals surface area contributed by atoms with E-state index in [4.69, 9.17) is 24.1 Å². The second-order valence-electron chi connectivity index (χ2n) is 12.0. The van der Waals surface area contributed by atoms with E-state index in [9.17, 15) is 14.4 Å². The van der Waals surface area contributed by atoms with Gasteiger partial charge in [-0.1, -0.05) is 35.1 Å². The number of hydrogen-bond donors (Lipinski definition) is 2. The molecule has 1 rings (SSSR count). The Bertz CT molecular complexity index is 732. The van der Waals surface area contributed by atoms with Crippen LogP contribution in [0.1, 0.15) is 103 Å². The zero-order chi connectivity index (χ0) is 29.8. The van der Waals surface area contributed by atoms with Gasteiger partial charge >= 0.3 is 18.0 Å². The van der Waals surface area contributed by atoms with Crippen LogP contribution in [0.5, 0.6) is 0 Å². The smallest absolute Gasteiger partial charge is 0.410 e. The minimum atomic E-state index is -0.923. The molecule has 0 aliphatic carbocycles. The van der Waals surface area contributed by atoms with E-state index >= 15 is 0 Å². The molecule has 0 aromatic carbocycles. The van der Waals surface area contributed by atoms with Gasteiger partial charge in [0.05, 0.1) is 30.6 Å². The number of aliphatic carboxylic acids is 1. The molecule has 240 valence electrons. The van der Waals surface area contributed by atoms with Crippen molar-refractivity contribution >= 4 is 18.0 Å². The molecule has 0 bridgehead atoms. The maximum atomic E-state index is 12.2. The average Bonchev–Trinajstić information content (AvgIpc) is 3.26. The zero-order valence-corrected chi connectivity index (χ0v) is 25.8. The van der Waals surface area contributed by atoms with E-state index in [1.54, 1.807) is 18.9 Å². The highest BCUT2D eigenvalue weighted by Gasteiger charge is 2.41. The molecule has 1 aliphatic rings. The quantitative estimate of drug-likeness (QED) is 0.294. The van der Waals surface area contributed by atoms with E-state index < -0.39 is 35.3 Å². The van der Waals surface area contributed by atoms with Crippen LogP contribution in [0.15, 0.2) is 0 Å². The average molecular weight is 579 g/mol. The van der Waals surface area contributed by atoms with Gasteiger partial charge in [0, 0.05) is 26.8 Å². The summed E-state index contributed by atoms with van der Waals surface area (Å²) in [6.45, 7) is 17.5. The fourth-order valence-corrected chi connectivity index (χ4v) is 4.51. The lowest BCUT2D eigenvalue weighted by atomic mass is 9.92. The van der Waals surface area contributed by atoms with E-state index in [0.717, 1.165) is 19.3 Å². The molecule has 2 N–H and O–H groups in total. The number of rotatable bonds is 11. The summed E-state index contributed by atoms with van der Waals surface area (Å²) in [6, 6.07) is -0.0894. The summed E-state index contributed by atoms with van der Waals surface area (Å²) in [5, 5.41) is 12.4. The molecule has 0 aromatic rings. The van der Waals surface area contributed by atoms with Crippen LogP contribution in [-0.2, 0) is 28.5 Å². The topological polar surface area (TPSA) is 124 Å². The number of nitrogens with zero attached hydrogens (tertiary/aromatic N) is 1. The Labute approximate surface area is 244 Å². The second-order valence-corrected chi connectivity index (χ2v) is 12.0. The van der Waals surface area contributed by atoms with Crippen molar-refractivity contribution in [2.24, 2.45) is 11.8 Å². The SMILES string of the molecule is C.C.CC[C@H](C)[C@H](NC)[C@@H](CC(=O)OC(C)(C)C)OC.CO[C@H]([C@@H](C)C(=O)O)[C@@H]1CCCN1C(=O)OC(C)(C)C. The largest absolute Gasteiger partial charge is 0.481 e. The Morgan fingerprint density at radius 3 is 1.88 bits per heavy atom. The number of likely N-dealkylation sites (N-methyl/N-ethyl adjacent to an activating group) is 1. The third-order valence-corrected chi connectivity index (χ3v) is 6.54. The number of carbonyl (C=O) groups excluding carboxylic acids is 2. The monoisotopic (exact) mass is 578 g/mol. The number of ether oxygens (including phenoxy) is 4. The normalized spacial score (nSPS) is 18.9. The maximum Gasteiger partial charge on any atom is 0.410 e. The fourth-order valence-electron chi connectivity index (χ4n) is 4.51. The number of carboxylic acids is 1. The Morgan fingerprint density at radius 2 is 1.50 bits per heavy atom. The Balaban J connectivity index is -0.000000656. The molecule has 1 heterocycles. The Morgan fingerprint density at radius 1 is 0.975 bits per heavy atom. The van der Waals surface area contributed by atoms with Crippen molar-refractivity contribution in [3.05, 3.63) is 0 Å². The highest BCUT2D eigenvalue weighted by Crippen LogP contribution is 2.28. The number of methoxy groups -OCH3 is 2. The van der Waals surface area contributed by atoms with E-state index in [1.165, 1.54) is 7.11 Å². The highest BCUT2D eigenvalue weighted by atomic mass is 16.6. The van der Waals surface area contributed by atoms with Crippen molar-refractivity contribution in [3.63, 3.8) is 0 Å². The number of hydrogen-bond acceptors (Lipinski definition) is 8. The van der Waals surface area contributed by atoms with Crippen molar-refractivity contribution in [2.45, 2.75) is 138 Å². The van der Waals surface area contributed by atoms with Gasteiger partial charge in [-0.05, 0) is 74.3 Å². The van der Waals surface area contributed by atoms with Crippen molar-refractivity contribution < 1.29 is 38.4 Å². The van der Waals surface area contributed by atoms with Gasteiger partial charge in [-0.15, -0.1) is 0 Å². The Kier molecular flexibility index (Phi) is 20.5. The lowest BCUT2D eigenvalue weighted by Gasteiger charge is -2.34. The lowest BCUT2D eigenvalue weighted by molar-refractivity contribution is -0.158. The van der Waals surface area contributed by atoms with Crippen LogP contribution in [-0.4, -0.2) is 91.3 Å². The molecule has 0 spiro atoms. The van der Waals surface area contributed by atoms with Gasteiger partial charge in [-0.25, -0.2) is 4.79 Å². The lowest BCUT2D eigenvalue weighted by Crippen LogP contribution is -2.49. The number of carbonyl (C=O) groups is 3. The molecule has 0 radical (unpaired) electrons. The molecule has 1 saturated heterocycles. The molecular weight excluding hydrogens is 516 g/mol. The summed E-state index contributed by atoms with van der Waals surface area (Å²) in [5.74, 6) is -1.36. The number of nitrogens with one attached hydrogen (secondary N) is 1. The molecule has 1 amide bonds. The summed E-state index contributed by atoms with van der Waals surface area (Å²) in [6.07, 6.45) is 1.80. The number of esters is 1. The maximum absolute atomic E-state index is 12.2. The third-order valence-electron chi connectivity index (χ3n) is 6.54. The number of amides is 1. The molecule has 1 aliphatic heterocycles. The predicted octanol–water partition coefficient (Wildman–Crippen LogP) is 5.76. The van der Waals surface area contributed by atoms with Crippen LogP contribution in [0.2, 0.25) is 0 Å². The molecule has 6 atom stereocenters. The number of likely N-dealkylation sites (tertiary alicyclic amines) is 1. The van der Waals surface area contributed by atoms with Crippen LogP contribution in [0, 0.1) is 11.8 Å². The minimum absolute atomic E-state index is 0. The molecule has 1 fully saturated rings. The molecule has 10 heteroatoms. The van der Waals surface area contributed by atoms with Crippen LogP contribution < -0.4 is 5.32 Å². The summed E-state index contributed by atoms with van der Waals surface area (Å²) >= 11 is 0. The first-order chi connectivity index (χ1) is 17.4. The molecule has 40 heavy (non-hydrogen) atoms. The molecule has 0 saturated carbocycles. The van der Waals surface area contributed by atoms with Crippen molar-refractivity contribution in [1.29, 1.82) is 0 Å². The first-order valence-corrected chi connectivity index (χ1v) is 13.6. The van der Waals surface area contributed by atoms with Gasteiger partial charge in [0.2, 0.25) is 0 Å². The van der Waals surface area contributed by atoms with Crippen LogP contribution >= 0.6 is 0 Å². The minimum Gasteiger partial charge on any atom is -0.481 e. The van der Waals surface area contributed by atoms with E-state index in [-0.39, 0.29) is 45.4 Å². The van der Waals surface area contributed by atoms with Gasteiger partial charge in [-0.2, -0.15) is 0 Å². The van der Waals surface area contributed by atoms with Gasteiger partial charge in [-0.3, -0.25) is 9.59 Å². The van der Waals surface area contributed by atoms with E-state index in [1.807, 2.05) is 48.6 Å². The number of carboxylic acid groups (broad SMARTS) is 1. The van der Waals surface area contributed by atoms with Gasteiger partial charge in [0.25, 0.3) is 0 Å². The van der Waals surface area contributed by atoms with E-state index in [0.29, 0.717) is 12.5 Å². The standard InChI is InChI=1S/C14H25NO5.C14H29NO3.2CH4/c1-9(12(16)17)11(19-5)10-7-6-8-15(10)13(18)20-14(2,3)4;1-8-10(2)13(15-6)11(17-7)9-12(16)18-14(3,4)5;;/h9-11H,6-8H2,1-5H3,(H,16,17);10-11,13,15H,8-9H2,1-7H3;2*1H4/t9-,10+,11-;10-,11+,13-;;/m10../s1. The summed E-state index contributed by atoms with van der Waals surface area (Å²) in [7, 11) is 5.02. The first-order valence-electron chi connectivity index (χ1n) is 13.6. The summed E-state index contributed by atoms with van der Waals surface area (Å²) in [5.41, 5.74) is -1.01. The van der Waals surface area contributed by atoms with Crippen LogP contribution in [0.25, 0.3) is 0 Å². The summed E-state index contributed by atoms with van der Waals surface area (Å²) in [4.78, 5) is 36.8. The van der Waals surface area contributed by atoms with Gasteiger partial charge in [0.15, 0.2) is 0 Å². The molecule has 0 aromatic heterocycles. The summed E-state index contributed by atoms with van der Waals surface area (Å²) < 4.78 is 21.5. The highest BCUT2D eigenvalue weighted by molar-refractivity contribution is 5.72. The fraction of sp³-hybridized carbons (Fsp3) is 0.900. The van der Waals surface area contributed by atoms with Crippen molar-refractivity contribution in [2.75, 3.05) is 27.8 Å². The molecule has 0 unspecified atom stereocenters. The first kappa shape index (κ1) is 42.6. The predicted molar refractivity (Wildman–Crippen MR) is 161 cm³/mol. The van der Waals surface area contributed by atoms with Crippen LogP contribution in [0.4, 0.5) is 4.79 Å². The van der Waals surface area contributed by atoms with Crippen molar-refractivity contribution in [1.82, 2.24) is 10.2 Å². The third kappa shape index (κ3) is 15.2. The Hall–Kier alpha value is -1.91. The zero-order valence-electron chi connectivity index (χ0n) is 25.8.